The van der Waals surface area contributed by atoms with Gasteiger partial charge in [0.05, 0.1) is 18.2 Å². The standard InChI is InChI=1S/C13H14Cl2N4O3/c1-4-19(5-2)12(20)9-7(6-8(14)17-11(9)15)10(18-16)13(21)22-3/h6H,4-5H2,1-3H3. The summed E-state index contributed by atoms with van der Waals surface area (Å²) in [6, 6.07) is 1.22. The minimum absolute atomic E-state index is 0.0451. The van der Waals surface area contributed by atoms with Crippen molar-refractivity contribution >= 4 is 40.8 Å². The summed E-state index contributed by atoms with van der Waals surface area (Å²) < 4.78 is 4.52. The number of halogens is 2. The number of pyridine rings is 1. The second-order valence-electron chi connectivity index (χ2n) is 4.08. The molecule has 0 aliphatic rings. The highest BCUT2D eigenvalue weighted by molar-refractivity contribution is 6.44. The van der Waals surface area contributed by atoms with Crippen LogP contribution in [0.1, 0.15) is 29.8 Å². The summed E-state index contributed by atoms with van der Waals surface area (Å²) in [5.41, 5.74) is 8.47. The van der Waals surface area contributed by atoms with Crippen LogP contribution < -0.4 is 0 Å². The van der Waals surface area contributed by atoms with E-state index in [4.69, 9.17) is 28.7 Å². The van der Waals surface area contributed by atoms with Crippen LogP contribution in [-0.4, -0.2) is 52.5 Å². The van der Waals surface area contributed by atoms with Gasteiger partial charge in [0.25, 0.3) is 5.91 Å². The Labute approximate surface area is 137 Å². The molecule has 0 bridgehead atoms. The number of rotatable bonds is 5. The fourth-order valence-corrected chi connectivity index (χ4v) is 2.36. The molecule has 0 unspecified atom stereocenters. The van der Waals surface area contributed by atoms with Gasteiger partial charge < -0.3 is 15.2 Å². The summed E-state index contributed by atoms with van der Waals surface area (Å²) in [6.45, 7) is 4.44. The second kappa shape index (κ2) is 7.89. The maximum atomic E-state index is 12.6. The molecular weight excluding hydrogens is 331 g/mol. The van der Waals surface area contributed by atoms with E-state index in [1.54, 1.807) is 13.8 Å². The minimum Gasteiger partial charge on any atom is -0.460 e. The molecule has 0 saturated carbocycles. The van der Waals surface area contributed by atoms with E-state index in [-0.39, 0.29) is 21.4 Å². The quantitative estimate of drug-likeness (QED) is 0.268. The molecule has 1 rings (SSSR count). The Kier molecular flexibility index (Phi) is 6.49. The number of hydrogen-bond donors (Lipinski definition) is 0. The SMILES string of the molecule is CCN(CC)C(=O)c1c(C(=[N+]=[N-])C(=O)OC)cc(Cl)nc1Cl. The Morgan fingerprint density at radius 3 is 2.41 bits per heavy atom. The third kappa shape index (κ3) is 3.62. The molecule has 1 aromatic heterocycles. The highest BCUT2D eigenvalue weighted by atomic mass is 35.5. The monoisotopic (exact) mass is 344 g/mol. The van der Waals surface area contributed by atoms with Crippen LogP contribution in [0.25, 0.3) is 5.53 Å². The summed E-state index contributed by atoms with van der Waals surface area (Å²) in [7, 11) is 1.11. The molecule has 1 heterocycles. The van der Waals surface area contributed by atoms with Gasteiger partial charge in [-0.05, 0) is 19.9 Å². The fraction of sp³-hybridized carbons (Fsp3) is 0.385. The molecule has 0 N–H and O–H groups in total. The van der Waals surface area contributed by atoms with Crippen molar-refractivity contribution < 1.29 is 19.1 Å². The lowest BCUT2D eigenvalue weighted by Gasteiger charge is -2.20. The van der Waals surface area contributed by atoms with Crippen molar-refractivity contribution in [2.24, 2.45) is 0 Å². The van der Waals surface area contributed by atoms with Gasteiger partial charge in [-0.1, -0.05) is 23.2 Å². The number of ether oxygens (including phenoxy) is 1. The van der Waals surface area contributed by atoms with E-state index in [0.717, 1.165) is 7.11 Å². The average molecular weight is 345 g/mol. The van der Waals surface area contributed by atoms with Crippen LogP contribution >= 0.6 is 23.2 Å². The van der Waals surface area contributed by atoms with E-state index in [1.165, 1.54) is 11.0 Å². The zero-order valence-electron chi connectivity index (χ0n) is 12.3. The van der Waals surface area contributed by atoms with Crippen molar-refractivity contribution in [3.63, 3.8) is 0 Å². The van der Waals surface area contributed by atoms with Gasteiger partial charge in [0.2, 0.25) is 0 Å². The van der Waals surface area contributed by atoms with Gasteiger partial charge in [0.1, 0.15) is 10.3 Å². The van der Waals surface area contributed by atoms with Crippen molar-refractivity contribution in [1.29, 1.82) is 0 Å². The molecule has 0 radical (unpaired) electrons. The number of nitrogens with zero attached hydrogens (tertiary/aromatic N) is 4. The van der Waals surface area contributed by atoms with Crippen LogP contribution in [0.2, 0.25) is 10.3 Å². The predicted molar refractivity (Wildman–Crippen MR) is 81.3 cm³/mol. The lowest BCUT2D eigenvalue weighted by atomic mass is 10.0. The molecule has 0 aliphatic heterocycles. The van der Waals surface area contributed by atoms with Crippen molar-refractivity contribution in [3.8, 4) is 0 Å². The first-order valence-electron chi connectivity index (χ1n) is 6.37. The molecule has 1 aromatic rings. The first-order valence-corrected chi connectivity index (χ1v) is 7.12. The lowest BCUT2D eigenvalue weighted by molar-refractivity contribution is -0.137. The molecular formula is C13H14Cl2N4O3. The lowest BCUT2D eigenvalue weighted by Crippen LogP contribution is -2.33. The van der Waals surface area contributed by atoms with Gasteiger partial charge in [0.15, 0.2) is 0 Å². The Morgan fingerprint density at radius 2 is 1.95 bits per heavy atom. The highest BCUT2D eigenvalue weighted by Gasteiger charge is 2.33. The number of hydrogen-bond acceptors (Lipinski definition) is 4. The molecule has 0 spiro atoms. The van der Waals surface area contributed by atoms with Crippen molar-refractivity contribution in [2.45, 2.75) is 13.8 Å². The van der Waals surface area contributed by atoms with Crippen LogP contribution in [0.15, 0.2) is 6.07 Å². The van der Waals surface area contributed by atoms with E-state index in [1.807, 2.05) is 0 Å². The third-order valence-corrected chi connectivity index (χ3v) is 3.41. The van der Waals surface area contributed by atoms with E-state index >= 15 is 0 Å². The molecule has 0 fully saturated rings. The van der Waals surface area contributed by atoms with Crippen LogP contribution in [0.4, 0.5) is 0 Å². The first-order chi connectivity index (χ1) is 10.4. The topological polar surface area (TPSA) is 95.9 Å². The average Bonchev–Trinajstić information content (AvgIpc) is 2.48. The van der Waals surface area contributed by atoms with Crippen LogP contribution in [0.3, 0.4) is 0 Å². The molecule has 118 valence electrons. The number of methoxy groups -OCH3 is 1. The number of aromatic nitrogens is 1. The molecule has 22 heavy (non-hydrogen) atoms. The minimum atomic E-state index is -0.936. The Hall–Kier alpha value is -1.95. The Balaban J connectivity index is 3.61. The summed E-state index contributed by atoms with van der Waals surface area (Å²) in [5, 5.41) is -0.245. The van der Waals surface area contributed by atoms with Crippen molar-refractivity contribution in [1.82, 2.24) is 9.88 Å². The van der Waals surface area contributed by atoms with Crippen LogP contribution in [0, 0.1) is 0 Å². The highest BCUT2D eigenvalue weighted by Crippen LogP contribution is 2.24. The predicted octanol–water partition coefficient (Wildman–Crippen LogP) is 2.06. The smallest absolute Gasteiger partial charge is 0.422 e. The zero-order valence-corrected chi connectivity index (χ0v) is 13.8. The van der Waals surface area contributed by atoms with Crippen LogP contribution in [-0.2, 0) is 9.53 Å². The van der Waals surface area contributed by atoms with E-state index < -0.39 is 17.6 Å². The Bertz CT molecular complexity index is 653. The van der Waals surface area contributed by atoms with Crippen molar-refractivity contribution in [3.05, 3.63) is 33.0 Å². The molecule has 0 atom stereocenters. The van der Waals surface area contributed by atoms with Gasteiger partial charge >= 0.3 is 11.7 Å². The Morgan fingerprint density at radius 1 is 1.36 bits per heavy atom. The van der Waals surface area contributed by atoms with Gasteiger partial charge in [-0.3, -0.25) is 4.79 Å². The zero-order chi connectivity index (χ0) is 16.9. The van der Waals surface area contributed by atoms with Gasteiger partial charge in [0, 0.05) is 13.1 Å². The largest absolute Gasteiger partial charge is 0.460 e. The first kappa shape index (κ1) is 18.1. The molecule has 1 amide bonds. The second-order valence-corrected chi connectivity index (χ2v) is 4.82. The molecule has 9 heteroatoms. The van der Waals surface area contributed by atoms with Gasteiger partial charge in [-0.15, -0.1) is 0 Å². The maximum Gasteiger partial charge on any atom is 0.422 e. The molecule has 0 saturated heterocycles. The molecule has 0 aliphatic carbocycles. The number of carbonyl (C=O) groups is 2. The van der Waals surface area contributed by atoms with E-state index in [2.05, 4.69) is 14.5 Å². The third-order valence-electron chi connectivity index (χ3n) is 2.94. The molecule has 7 nitrogen and oxygen atoms in total. The summed E-state index contributed by atoms with van der Waals surface area (Å²) >= 11 is 11.8. The summed E-state index contributed by atoms with van der Waals surface area (Å²) in [5.74, 6) is -1.39. The number of esters is 1. The summed E-state index contributed by atoms with van der Waals surface area (Å²) in [4.78, 5) is 32.4. The number of amides is 1. The fourth-order valence-electron chi connectivity index (χ4n) is 1.84. The van der Waals surface area contributed by atoms with Gasteiger partial charge in [-0.2, -0.15) is 4.79 Å². The normalized spacial score (nSPS) is 9.86. The molecule has 0 aromatic carbocycles. The van der Waals surface area contributed by atoms with Crippen LogP contribution in [0.5, 0.6) is 0 Å². The van der Waals surface area contributed by atoms with Gasteiger partial charge in [-0.25, -0.2) is 9.78 Å². The van der Waals surface area contributed by atoms with E-state index in [0.29, 0.717) is 13.1 Å². The number of carbonyl (C=O) groups excluding carboxylic acids is 2. The van der Waals surface area contributed by atoms with E-state index in [9.17, 15) is 9.59 Å². The summed E-state index contributed by atoms with van der Waals surface area (Å²) in [6.07, 6.45) is 0. The van der Waals surface area contributed by atoms with Crippen molar-refractivity contribution in [2.75, 3.05) is 20.2 Å². The maximum absolute atomic E-state index is 12.6.